The summed E-state index contributed by atoms with van der Waals surface area (Å²) in [6, 6.07) is 13.2. The number of alkyl halides is 3. The van der Waals surface area contributed by atoms with Crippen molar-refractivity contribution in [1.82, 2.24) is 5.32 Å². The standard InChI is InChI=1S/C27H30BrN3O5.C2HF3O2/c1-14-5-9-21-23(11-14)36-16(3)25(30-26(33)24(29)15(2)32)27(34)31(21)13-20-19-8-7-18(28)12-17(19)6-10-22(20)35-4;3-2(4,5)1(6)7/h5-12,15-16,24-25,32H,13,29H2,1-4H3,(H,30,33);(H,6,7)/t15-,16-,24-,25-;/m0./s1. The van der Waals surface area contributed by atoms with Crippen molar-refractivity contribution in [3.63, 3.8) is 0 Å². The van der Waals surface area contributed by atoms with Gasteiger partial charge in [-0.1, -0.05) is 34.1 Å². The third-order valence-electron chi connectivity index (χ3n) is 6.67. The number of hydrogen-bond acceptors (Lipinski definition) is 7. The van der Waals surface area contributed by atoms with E-state index >= 15 is 0 Å². The van der Waals surface area contributed by atoms with Crippen LogP contribution in [0.4, 0.5) is 18.9 Å². The van der Waals surface area contributed by atoms with E-state index in [1.54, 1.807) is 18.9 Å². The van der Waals surface area contributed by atoms with Crippen molar-refractivity contribution in [2.24, 2.45) is 5.73 Å². The maximum absolute atomic E-state index is 14.0. The first kappa shape index (κ1) is 33.6. The van der Waals surface area contributed by atoms with Crippen molar-refractivity contribution < 1.29 is 47.2 Å². The molecule has 4 atom stereocenters. The molecule has 43 heavy (non-hydrogen) atoms. The Morgan fingerprint density at radius 1 is 1.19 bits per heavy atom. The highest BCUT2D eigenvalue weighted by Gasteiger charge is 2.39. The molecule has 5 N–H and O–H groups in total. The van der Waals surface area contributed by atoms with Crippen molar-refractivity contribution in [1.29, 1.82) is 0 Å². The molecule has 0 unspecified atom stereocenters. The van der Waals surface area contributed by atoms with Crippen molar-refractivity contribution in [3.8, 4) is 11.5 Å². The number of amides is 2. The minimum Gasteiger partial charge on any atom is -0.496 e. The quantitative estimate of drug-likeness (QED) is 0.307. The van der Waals surface area contributed by atoms with E-state index in [0.717, 1.165) is 26.4 Å². The van der Waals surface area contributed by atoms with E-state index < -0.39 is 42.3 Å². The van der Waals surface area contributed by atoms with Gasteiger partial charge in [0.25, 0.3) is 5.91 Å². The lowest BCUT2D eigenvalue weighted by atomic mass is 10.0. The fourth-order valence-corrected chi connectivity index (χ4v) is 4.74. The van der Waals surface area contributed by atoms with Crippen molar-refractivity contribution in [3.05, 3.63) is 64.1 Å². The molecule has 0 aliphatic carbocycles. The molecule has 4 rings (SSSR count). The zero-order valence-electron chi connectivity index (χ0n) is 23.6. The average Bonchev–Trinajstić information content (AvgIpc) is 3.01. The number of carbonyl (C=O) groups excluding carboxylic acids is 2. The summed E-state index contributed by atoms with van der Waals surface area (Å²) < 4.78 is 44.5. The van der Waals surface area contributed by atoms with Gasteiger partial charge in [0.1, 0.15) is 29.7 Å². The number of aliphatic hydroxyl groups is 1. The van der Waals surface area contributed by atoms with Gasteiger partial charge < -0.3 is 35.6 Å². The number of aliphatic carboxylic acids is 1. The molecule has 0 spiro atoms. The molecule has 14 heteroatoms. The summed E-state index contributed by atoms with van der Waals surface area (Å²) >= 11 is 3.52. The Balaban J connectivity index is 0.000000646. The Kier molecular flexibility index (Phi) is 10.6. The lowest BCUT2D eigenvalue weighted by Crippen LogP contribution is -2.58. The van der Waals surface area contributed by atoms with Crippen LogP contribution in [0.2, 0.25) is 0 Å². The predicted octanol–water partition coefficient (Wildman–Crippen LogP) is 4.06. The van der Waals surface area contributed by atoms with Gasteiger partial charge in [-0.05, 0) is 67.4 Å². The van der Waals surface area contributed by atoms with Crippen LogP contribution in [0.3, 0.4) is 0 Å². The molecule has 10 nitrogen and oxygen atoms in total. The number of carboxylic acids is 1. The van der Waals surface area contributed by atoms with Gasteiger partial charge in [-0.25, -0.2) is 4.79 Å². The highest BCUT2D eigenvalue weighted by Crippen LogP contribution is 2.38. The second-order valence-corrected chi connectivity index (χ2v) is 10.8. The molecular weight excluding hydrogens is 639 g/mol. The third-order valence-corrected chi connectivity index (χ3v) is 7.16. The van der Waals surface area contributed by atoms with Crippen LogP contribution in [0, 0.1) is 6.92 Å². The number of nitrogens with two attached hydrogens (primary N) is 1. The number of aryl methyl sites for hydroxylation is 1. The van der Waals surface area contributed by atoms with E-state index in [0.29, 0.717) is 17.2 Å². The third kappa shape index (κ3) is 7.94. The predicted molar refractivity (Wildman–Crippen MR) is 156 cm³/mol. The Morgan fingerprint density at radius 2 is 1.84 bits per heavy atom. The van der Waals surface area contributed by atoms with Gasteiger partial charge >= 0.3 is 12.1 Å². The number of nitrogens with one attached hydrogen (secondary N) is 1. The molecule has 0 bridgehead atoms. The number of carbonyl (C=O) groups is 3. The molecule has 0 saturated heterocycles. The maximum Gasteiger partial charge on any atom is 0.490 e. The first-order chi connectivity index (χ1) is 20.0. The number of nitrogens with zero attached hydrogens (tertiary/aromatic N) is 1. The van der Waals surface area contributed by atoms with E-state index in [4.69, 9.17) is 25.1 Å². The van der Waals surface area contributed by atoms with Crippen LogP contribution in [-0.4, -0.2) is 65.6 Å². The minimum atomic E-state index is -5.08. The molecule has 3 aromatic rings. The SMILES string of the molecule is COc1ccc2cc(Br)ccc2c1CN1C(=O)[C@@H](NC(=O)[C@@H](N)[C@H](C)O)[C@H](C)Oc2cc(C)ccc21.O=C(O)C(F)(F)F. The molecule has 1 heterocycles. The summed E-state index contributed by atoms with van der Waals surface area (Å²) in [6.07, 6.45) is -6.84. The fourth-order valence-electron chi connectivity index (χ4n) is 4.36. The zero-order chi connectivity index (χ0) is 32.2. The number of halogens is 4. The van der Waals surface area contributed by atoms with Gasteiger partial charge in [-0.2, -0.15) is 13.2 Å². The van der Waals surface area contributed by atoms with Gasteiger partial charge in [-0.15, -0.1) is 0 Å². The highest BCUT2D eigenvalue weighted by atomic mass is 79.9. The largest absolute Gasteiger partial charge is 0.496 e. The van der Waals surface area contributed by atoms with E-state index in [1.165, 1.54) is 6.92 Å². The van der Waals surface area contributed by atoms with Gasteiger partial charge in [0, 0.05) is 10.0 Å². The van der Waals surface area contributed by atoms with Gasteiger partial charge in [0.2, 0.25) is 5.91 Å². The Bertz CT molecular complexity index is 1520. The van der Waals surface area contributed by atoms with Gasteiger partial charge in [-0.3, -0.25) is 9.59 Å². The number of ether oxygens (including phenoxy) is 2. The second-order valence-electron chi connectivity index (χ2n) is 9.89. The Hall–Kier alpha value is -3.88. The second kappa shape index (κ2) is 13.6. The lowest BCUT2D eigenvalue weighted by molar-refractivity contribution is -0.192. The lowest BCUT2D eigenvalue weighted by Gasteiger charge is -2.28. The monoisotopic (exact) mass is 669 g/mol. The van der Waals surface area contributed by atoms with Crippen molar-refractivity contribution in [2.45, 2.75) is 57.8 Å². The van der Waals surface area contributed by atoms with Crippen LogP contribution in [0.1, 0.15) is 25.0 Å². The molecule has 0 aromatic heterocycles. The fraction of sp³-hybridized carbons (Fsp3) is 0.345. The molecule has 0 saturated carbocycles. The summed E-state index contributed by atoms with van der Waals surface area (Å²) in [4.78, 5) is 37.2. The summed E-state index contributed by atoms with van der Waals surface area (Å²) in [7, 11) is 1.59. The van der Waals surface area contributed by atoms with E-state index in [1.807, 2.05) is 55.5 Å². The number of aliphatic hydroxyl groups excluding tert-OH is 1. The highest BCUT2D eigenvalue weighted by molar-refractivity contribution is 9.10. The smallest absolute Gasteiger partial charge is 0.490 e. The van der Waals surface area contributed by atoms with E-state index in [2.05, 4.69) is 21.2 Å². The normalized spacial score (nSPS) is 17.9. The molecular formula is C29H31BrF3N3O7. The number of rotatable bonds is 6. The number of anilines is 1. The number of methoxy groups -OCH3 is 1. The van der Waals surface area contributed by atoms with Crippen LogP contribution < -0.4 is 25.4 Å². The van der Waals surface area contributed by atoms with E-state index in [9.17, 15) is 27.9 Å². The topological polar surface area (TPSA) is 151 Å². The Labute approximate surface area is 253 Å². The maximum atomic E-state index is 14.0. The van der Waals surface area contributed by atoms with Crippen molar-refractivity contribution in [2.75, 3.05) is 12.0 Å². The molecule has 2 amide bonds. The molecule has 1 aliphatic heterocycles. The molecule has 0 fully saturated rings. The molecule has 0 radical (unpaired) electrons. The van der Waals surface area contributed by atoms with Crippen molar-refractivity contribution >= 4 is 50.2 Å². The molecule has 232 valence electrons. The van der Waals surface area contributed by atoms with Crippen LogP contribution in [0.25, 0.3) is 10.8 Å². The molecule has 1 aliphatic rings. The minimum absolute atomic E-state index is 0.182. The number of fused-ring (bicyclic) bond motifs is 2. The van der Waals surface area contributed by atoms with Gasteiger partial charge in [0.15, 0.2) is 0 Å². The number of carboxylic acid groups (broad SMARTS) is 1. The summed E-state index contributed by atoms with van der Waals surface area (Å²) in [5.74, 6) is -2.57. The number of benzene rings is 3. The summed E-state index contributed by atoms with van der Waals surface area (Å²) in [5.41, 5.74) is 8.22. The average molecular weight is 670 g/mol. The van der Waals surface area contributed by atoms with Crippen LogP contribution >= 0.6 is 15.9 Å². The first-order valence-electron chi connectivity index (χ1n) is 12.9. The Morgan fingerprint density at radius 3 is 2.42 bits per heavy atom. The molecule has 3 aromatic carbocycles. The summed E-state index contributed by atoms with van der Waals surface area (Å²) in [6.45, 7) is 5.28. The van der Waals surface area contributed by atoms with E-state index in [-0.39, 0.29) is 12.5 Å². The number of hydrogen-bond donors (Lipinski definition) is 4. The van der Waals surface area contributed by atoms with Gasteiger partial charge in [0.05, 0.1) is 25.4 Å². The zero-order valence-corrected chi connectivity index (χ0v) is 25.2. The van der Waals surface area contributed by atoms with Crippen LogP contribution in [0.5, 0.6) is 11.5 Å². The van der Waals surface area contributed by atoms with Crippen LogP contribution in [0.15, 0.2) is 53.0 Å². The first-order valence-corrected chi connectivity index (χ1v) is 13.7. The summed E-state index contributed by atoms with van der Waals surface area (Å²) in [5, 5.41) is 21.5. The van der Waals surface area contributed by atoms with Crippen LogP contribution in [-0.2, 0) is 20.9 Å².